The fourth-order valence-corrected chi connectivity index (χ4v) is 2.70. The first-order chi connectivity index (χ1) is 11.4. The standard InChI is InChI=1S/C16H17ClN2O4S/c1-10-9-14(23-19-10)18-16(21)11(2)22-15(20)7-8-24-13-5-3-12(17)4-6-13/h3-6,9,11H,7-8H2,1-2H3,(H,18,21)/t11-/m0/s1. The van der Waals surface area contributed by atoms with Crippen LogP contribution in [0.1, 0.15) is 19.0 Å². The number of esters is 1. The maximum atomic E-state index is 11.9. The third-order valence-electron chi connectivity index (χ3n) is 2.94. The van der Waals surface area contributed by atoms with Gasteiger partial charge in [0.2, 0.25) is 5.88 Å². The average molecular weight is 369 g/mol. The van der Waals surface area contributed by atoms with Gasteiger partial charge in [0, 0.05) is 21.7 Å². The van der Waals surface area contributed by atoms with Crippen LogP contribution in [-0.4, -0.2) is 28.9 Å². The molecule has 1 aromatic heterocycles. The summed E-state index contributed by atoms with van der Waals surface area (Å²) in [6.45, 7) is 3.24. The molecule has 0 bridgehead atoms. The van der Waals surface area contributed by atoms with Crippen molar-refractivity contribution >= 4 is 41.1 Å². The zero-order valence-corrected chi connectivity index (χ0v) is 14.8. The number of halogens is 1. The van der Waals surface area contributed by atoms with Gasteiger partial charge in [-0.3, -0.25) is 14.9 Å². The molecule has 2 aromatic rings. The molecule has 0 spiro atoms. The topological polar surface area (TPSA) is 81.4 Å². The van der Waals surface area contributed by atoms with E-state index in [1.807, 2.05) is 12.1 Å². The quantitative estimate of drug-likeness (QED) is 0.593. The average Bonchev–Trinajstić information content (AvgIpc) is 2.94. The van der Waals surface area contributed by atoms with Gasteiger partial charge in [-0.15, -0.1) is 11.8 Å². The summed E-state index contributed by atoms with van der Waals surface area (Å²) in [5.74, 6) is -0.132. The number of hydrogen-bond donors (Lipinski definition) is 1. The Hall–Kier alpha value is -1.99. The van der Waals surface area contributed by atoms with E-state index in [0.717, 1.165) is 4.90 Å². The van der Waals surface area contributed by atoms with Gasteiger partial charge >= 0.3 is 5.97 Å². The van der Waals surface area contributed by atoms with Gasteiger partial charge in [-0.2, -0.15) is 0 Å². The van der Waals surface area contributed by atoms with E-state index in [-0.39, 0.29) is 12.3 Å². The molecule has 0 saturated heterocycles. The molecule has 6 nitrogen and oxygen atoms in total. The van der Waals surface area contributed by atoms with Gasteiger partial charge in [0.1, 0.15) is 0 Å². The lowest BCUT2D eigenvalue weighted by atomic mass is 10.3. The van der Waals surface area contributed by atoms with Crippen molar-refractivity contribution in [1.29, 1.82) is 0 Å². The maximum Gasteiger partial charge on any atom is 0.307 e. The number of amides is 1. The number of hydrogen-bond acceptors (Lipinski definition) is 6. The first-order valence-corrected chi connectivity index (χ1v) is 8.62. The second kappa shape index (κ2) is 8.75. The lowest BCUT2D eigenvalue weighted by Crippen LogP contribution is -2.29. The molecular formula is C16H17ClN2O4S. The Labute approximate surface area is 148 Å². The van der Waals surface area contributed by atoms with Crippen LogP contribution in [0.15, 0.2) is 39.8 Å². The highest BCUT2D eigenvalue weighted by Crippen LogP contribution is 2.21. The Morgan fingerprint density at radius 1 is 1.38 bits per heavy atom. The van der Waals surface area contributed by atoms with Crippen molar-refractivity contribution in [3.63, 3.8) is 0 Å². The van der Waals surface area contributed by atoms with E-state index in [1.54, 1.807) is 25.1 Å². The van der Waals surface area contributed by atoms with Crippen LogP contribution in [0, 0.1) is 6.92 Å². The molecule has 0 fully saturated rings. The highest BCUT2D eigenvalue weighted by molar-refractivity contribution is 7.99. The van der Waals surface area contributed by atoms with Crippen molar-refractivity contribution in [3.05, 3.63) is 41.0 Å². The molecule has 2 rings (SSSR count). The number of carbonyl (C=O) groups is 2. The van der Waals surface area contributed by atoms with E-state index in [9.17, 15) is 9.59 Å². The van der Waals surface area contributed by atoms with Crippen LogP contribution in [0.5, 0.6) is 0 Å². The fourth-order valence-electron chi connectivity index (χ4n) is 1.74. The second-order valence-electron chi connectivity index (χ2n) is 5.01. The molecule has 1 aromatic carbocycles. The van der Waals surface area contributed by atoms with Crippen LogP contribution in [-0.2, 0) is 14.3 Å². The fraction of sp³-hybridized carbons (Fsp3) is 0.312. The number of nitrogens with zero attached hydrogens (tertiary/aromatic N) is 1. The largest absolute Gasteiger partial charge is 0.453 e. The smallest absolute Gasteiger partial charge is 0.307 e. The SMILES string of the molecule is Cc1cc(NC(=O)[C@H](C)OC(=O)CCSc2ccc(Cl)cc2)on1. The normalized spacial score (nSPS) is 11.8. The van der Waals surface area contributed by atoms with Gasteiger partial charge in [-0.05, 0) is 38.1 Å². The number of thioether (sulfide) groups is 1. The third kappa shape index (κ3) is 5.90. The first-order valence-electron chi connectivity index (χ1n) is 7.26. The predicted octanol–water partition coefficient (Wildman–Crippen LogP) is 3.69. The summed E-state index contributed by atoms with van der Waals surface area (Å²) < 4.78 is 9.98. The van der Waals surface area contributed by atoms with E-state index in [4.69, 9.17) is 20.9 Å². The second-order valence-corrected chi connectivity index (χ2v) is 6.61. The molecule has 1 N–H and O–H groups in total. The molecule has 0 aliphatic heterocycles. The predicted molar refractivity (Wildman–Crippen MR) is 92.2 cm³/mol. The minimum Gasteiger partial charge on any atom is -0.453 e. The lowest BCUT2D eigenvalue weighted by molar-refractivity contribution is -0.152. The zero-order valence-electron chi connectivity index (χ0n) is 13.2. The van der Waals surface area contributed by atoms with Gasteiger partial charge in [-0.1, -0.05) is 16.8 Å². The molecule has 8 heteroatoms. The van der Waals surface area contributed by atoms with Crippen molar-refractivity contribution in [2.75, 3.05) is 11.1 Å². The highest BCUT2D eigenvalue weighted by Gasteiger charge is 2.19. The van der Waals surface area contributed by atoms with Gasteiger partial charge in [0.05, 0.1) is 12.1 Å². The number of aryl methyl sites for hydroxylation is 1. The summed E-state index contributed by atoms with van der Waals surface area (Å²) in [6.07, 6.45) is -0.713. The van der Waals surface area contributed by atoms with Crippen molar-refractivity contribution in [2.24, 2.45) is 0 Å². The van der Waals surface area contributed by atoms with E-state index in [0.29, 0.717) is 16.5 Å². The Kier molecular flexibility index (Phi) is 6.69. The van der Waals surface area contributed by atoms with Gasteiger partial charge in [0.15, 0.2) is 6.10 Å². The number of benzene rings is 1. The molecule has 0 saturated carbocycles. The summed E-state index contributed by atoms with van der Waals surface area (Å²) in [4.78, 5) is 24.7. The number of anilines is 1. The summed E-state index contributed by atoms with van der Waals surface area (Å²) in [6, 6.07) is 8.93. The number of ether oxygens (including phenoxy) is 1. The molecule has 128 valence electrons. The van der Waals surface area contributed by atoms with E-state index < -0.39 is 18.0 Å². The molecule has 1 atom stereocenters. The van der Waals surface area contributed by atoms with Crippen LogP contribution in [0.4, 0.5) is 5.88 Å². The van der Waals surface area contributed by atoms with Crippen LogP contribution >= 0.6 is 23.4 Å². The van der Waals surface area contributed by atoms with E-state index in [1.165, 1.54) is 18.7 Å². The highest BCUT2D eigenvalue weighted by atomic mass is 35.5. The van der Waals surface area contributed by atoms with Crippen molar-refractivity contribution < 1.29 is 18.8 Å². The third-order valence-corrected chi connectivity index (χ3v) is 4.21. The van der Waals surface area contributed by atoms with E-state index in [2.05, 4.69) is 10.5 Å². The molecule has 1 heterocycles. The lowest BCUT2D eigenvalue weighted by Gasteiger charge is -2.12. The van der Waals surface area contributed by atoms with Crippen LogP contribution < -0.4 is 5.32 Å². The number of carbonyl (C=O) groups excluding carboxylic acids is 2. The van der Waals surface area contributed by atoms with Crippen molar-refractivity contribution in [1.82, 2.24) is 5.16 Å². The van der Waals surface area contributed by atoms with Crippen LogP contribution in [0.2, 0.25) is 5.02 Å². The van der Waals surface area contributed by atoms with Gasteiger partial charge in [-0.25, -0.2) is 0 Å². The maximum absolute atomic E-state index is 11.9. The van der Waals surface area contributed by atoms with Crippen LogP contribution in [0.3, 0.4) is 0 Å². The molecule has 1 amide bonds. The van der Waals surface area contributed by atoms with Crippen molar-refractivity contribution in [3.8, 4) is 0 Å². The van der Waals surface area contributed by atoms with Crippen molar-refractivity contribution in [2.45, 2.75) is 31.3 Å². The molecule has 0 aliphatic rings. The Balaban J connectivity index is 1.70. The minimum atomic E-state index is -0.913. The van der Waals surface area contributed by atoms with Gasteiger partial charge in [0.25, 0.3) is 5.91 Å². The Bertz CT molecular complexity index is 702. The summed E-state index contributed by atoms with van der Waals surface area (Å²) in [5, 5.41) is 6.82. The summed E-state index contributed by atoms with van der Waals surface area (Å²) in [7, 11) is 0. The Morgan fingerprint density at radius 2 is 2.08 bits per heavy atom. The summed E-state index contributed by atoms with van der Waals surface area (Å²) in [5.41, 5.74) is 0.647. The summed E-state index contributed by atoms with van der Waals surface area (Å²) >= 11 is 7.33. The first kappa shape index (κ1) is 18.4. The monoisotopic (exact) mass is 368 g/mol. The zero-order chi connectivity index (χ0) is 17.5. The minimum absolute atomic E-state index is 0.201. The number of aromatic nitrogens is 1. The molecule has 0 unspecified atom stereocenters. The molecule has 0 radical (unpaired) electrons. The Morgan fingerprint density at radius 3 is 2.71 bits per heavy atom. The molecular weight excluding hydrogens is 352 g/mol. The van der Waals surface area contributed by atoms with E-state index >= 15 is 0 Å². The molecule has 24 heavy (non-hydrogen) atoms. The number of nitrogens with one attached hydrogen (secondary N) is 1. The number of rotatable bonds is 7. The van der Waals surface area contributed by atoms with Gasteiger partial charge < -0.3 is 9.26 Å². The molecule has 0 aliphatic carbocycles. The van der Waals surface area contributed by atoms with Crippen LogP contribution in [0.25, 0.3) is 0 Å².